The highest BCUT2D eigenvalue weighted by atomic mass is 127. The molecular weight excluding hydrogens is 281 g/mol. The normalized spacial score (nSPS) is 51.5. The third kappa shape index (κ3) is 1.65. The van der Waals surface area contributed by atoms with Crippen LogP contribution in [0.1, 0.15) is 20.3 Å². The Labute approximate surface area is 84.8 Å². The third-order valence-corrected chi connectivity index (χ3v) is 4.27. The fraction of sp³-hybridized carbons (Fsp3) is 1.00. The Hall–Kier alpha value is 0.910. The van der Waals surface area contributed by atoms with Gasteiger partial charge in [-0.15, -0.1) is 0 Å². The number of halogens is 3. The van der Waals surface area contributed by atoms with Crippen molar-refractivity contribution in [3.63, 3.8) is 0 Å². The number of ether oxygens (including phenoxy) is 1. The van der Waals surface area contributed by atoms with Crippen LogP contribution < -0.4 is 0 Å². The molecule has 1 aliphatic heterocycles. The molecule has 0 aliphatic carbocycles. The van der Waals surface area contributed by atoms with Gasteiger partial charge in [0.1, 0.15) is 0 Å². The zero-order chi connectivity index (χ0) is 8.65. The second-order valence-corrected chi connectivity index (χ2v) is 4.57. The van der Waals surface area contributed by atoms with Gasteiger partial charge < -0.3 is 4.74 Å². The van der Waals surface area contributed by atoms with Gasteiger partial charge in [-0.05, 0) is 29.0 Å². The van der Waals surface area contributed by atoms with E-state index in [2.05, 4.69) is 0 Å². The summed E-state index contributed by atoms with van der Waals surface area (Å²) in [6.07, 6.45) is 0.790. The Morgan fingerprint density at radius 3 is 2.45 bits per heavy atom. The van der Waals surface area contributed by atoms with Crippen LogP contribution in [-0.2, 0) is 4.74 Å². The second kappa shape index (κ2) is 3.34. The van der Waals surface area contributed by atoms with Crippen molar-refractivity contribution in [2.24, 2.45) is 5.92 Å². The minimum absolute atomic E-state index is 0.0283. The monoisotopic (exact) mass is 292 g/mol. The van der Waals surface area contributed by atoms with E-state index in [0.717, 1.165) is 6.42 Å². The maximum absolute atomic E-state index is 13.5. The summed E-state index contributed by atoms with van der Waals surface area (Å²) >= 11 is 7.54. The fourth-order valence-electron chi connectivity index (χ4n) is 1.27. The molecule has 0 amide bonds. The minimum atomic E-state index is -1.68. The Bertz CT molecular complexity index is 153. The van der Waals surface area contributed by atoms with Crippen LogP contribution in [0.15, 0.2) is 0 Å². The summed E-state index contributed by atoms with van der Waals surface area (Å²) < 4.78 is 18.3. The van der Waals surface area contributed by atoms with Crippen LogP contribution in [0.25, 0.3) is 0 Å². The van der Waals surface area contributed by atoms with Crippen LogP contribution in [0.5, 0.6) is 0 Å². The van der Waals surface area contributed by atoms with Gasteiger partial charge in [0.2, 0.25) is 5.13 Å². The average Bonchev–Trinajstić information content (AvgIpc) is 2.14. The lowest BCUT2D eigenvalue weighted by Gasteiger charge is -2.18. The van der Waals surface area contributed by atoms with Crippen molar-refractivity contribution in [2.45, 2.75) is 35.6 Å². The molecule has 0 aromatic heterocycles. The molecule has 1 saturated heterocycles. The molecule has 4 heteroatoms. The standard InChI is InChI=1S/C7H11ClFIO/c1-3-5-4(2)7(8,9)6(10)11-5/h4-6H,3H2,1-2H3/t4-,5-,6?,7+/m1/s1. The van der Waals surface area contributed by atoms with Gasteiger partial charge in [0.05, 0.1) is 6.10 Å². The molecule has 0 spiro atoms. The Kier molecular flexibility index (Phi) is 3.03. The lowest BCUT2D eigenvalue weighted by atomic mass is 10.0. The smallest absolute Gasteiger partial charge is 0.223 e. The summed E-state index contributed by atoms with van der Waals surface area (Å²) in [7, 11) is 0. The first-order chi connectivity index (χ1) is 5.00. The van der Waals surface area contributed by atoms with E-state index in [0.29, 0.717) is 0 Å². The van der Waals surface area contributed by atoms with Gasteiger partial charge >= 0.3 is 0 Å². The average molecular weight is 293 g/mol. The van der Waals surface area contributed by atoms with Gasteiger partial charge in [-0.1, -0.05) is 25.4 Å². The number of alkyl halides is 3. The van der Waals surface area contributed by atoms with Gasteiger partial charge in [-0.3, -0.25) is 0 Å². The molecule has 66 valence electrons. The van der Waals surface area contributed by atoms with Gasteiger partial charge in [0.15, 0.2) is 4.11 Å². The largest absolute Gasteiger partial charge is 0.359 e. The maximum atomic E-state index is 13.5. The highest BCUT2D eigenvalue weighted by Crippen LogP contribution is 2.46. The molecule has 0 aromatic rings. The third-order valence-electron chi connectivity index (χ3n) is 2.16. The van der Waals surface area contributed by atoms with Gasteiger partial charge in [0, 0.05) is 5.92 Å². The predicted molar refractivity (Wildman–Crippen MR) is 51.8 cm³/mol. The van der Waals surface area contributed by atoms with Crippen molar-refractivity contribution in [2.75, 3.05) is 0 Å². The van der Waals surface area contributed by atoms with Crippen molar-refractivity contribution in [1.82, 2.24) is 0 Å². The Morgan fingerprint density at radius 2 is 2.27 bits per heavy atom. The van der Waals surface area contributed by atoms with E-state index >= 15 is 0 Å². The minimum Gasteiger partial charge on any atom is -0.359 e. The van der Waals surface area contributed by atoms with E-state index < -0.39 is 9.24 Å². The molecule has 1 rings (SSSR count). The van der Waals surface area contributed by atoms with Crippen LogP contribution in [-0.4, -0.2) is 15.3 Å². The van der Waals surface area contributed by atoms with Gasteiger partial charge in [0.25, 0.3) is 0 Å². The molecule has 0 aromatic carbocycles. The topological polar surface area (TPSA) is 9.23 Å². The first-order valence-electron chi connectivity index (χ1n) is 3.67. The van der Waals surface area contributed by atoms with Crippen molar-refractivity contribution >= 4 is 34.2 Å². The van der Waals surface area contributed by atoms with Crippen molar-refractivity contribution < 1.29 is 9.13 Å². The number of hydrogen-bond donors (Lipinski definition) is 0. The fourth-order valence-corrected chi connectivity index (χ4v) is 2.40. The molecular formula is C7H11ClFIO. The summed E-state index contributed by atoms with van der Waals surface area (Å²) in [5.41, 5.74) is 0. The molecule has 1 unspecified atom stereocenters. The molecule has 1 heterocycles. The van der Waals surface area contributed by atoms with Crippen LogP contribution in [0.3, 0.4) is 0 Å². The molecule has 0 saturated carbocycles. The van der Waals surface area contributed by atoms with Gasteiger partial charge in [-0.25, -0.2) is 4.39 Å². The van der Waals surface area contributed by atoms with Crippen LogP contribution in [0, 0.1) is 5.92 Å². The van der Waals surface area contributed by atoms with E-state index in [9.17, 15) is 4.39 Å². The lowest BCUT2D eigenvalue weighted by Crippen LogP contribution is -2.28. The van der Waals surface area contributed by atoms with Crippen LogP contribution >= 0.6 is 34.2 Å². The van der Waals surface area contributed by atoms with Crippen molar-refractivity contribution in [3.05, 3.63) is 0 Å². The SMILES string of the molecule is CC[C@H]1OC(I)[C@](F)(Cl)[C@@H]1C. The summed E-state index contributed by atoms with van der Waals surface area (Å²) in [5, 5.41) is -1.68. The molecule has 0 radical (unpaired) electrons. The molecule has 1 aliphatic rings. The number of rotatable bonds is 1. The number of hydrogen-bond acceptors (Lipinski definition) is 1. The van der Waals surface area contributed by atoms with Crippen molar-refractivity contribution in [1.29, 1.82) is 0 Å². The first-order valence-corrected chi connectivity index (χ1v) is 5.29. The highest BCUT2D eigenvalue weighted by Gasteiger charge is 2.52. The quantitative estimate of drug-likeness (QED) is 0.533. The maximum Gasteiger partial charge on any atom is 0.223 e. The van der Waals surface area contributed by atoms with Crippen molar-refractivity contribution in [3.8, 4) is 0 Å². The highest BCUT2D eigenvalue weighted by molar-refractivity contribution is 14.1. The molecule has 1 fully saturated rings. The zero-order valence-corrected chi connectivity index (χ0v) is 9.39. The Balaban J connectivity index is 2.71. The molecule has 4 atom stereocenters. The second-order valence-electron chi connectivity index (χ2n) is 2.86. The lowest BCUT2D eigenvalue weighted by molar-refractivity contribution is 0.0776. The predicted octanol–water partition coefficient (Wildman–Crippen LogP) is 3.10. The van der Waals surface area contributed by atoms with E-state index in [1.807, 2.05) is 29.5 Å². The van der Waals surface area contributed by atoms with E-state index in [4.69, 9.17) is 16.3 Å². The van der Waals surface area contributed by atoms with Gasteiger partial charge in [-0.2, -0.15) is 0 Å². The van der Waals surface area contributed by atoms with E-state index in [-0.39, 0.29) is 12.0 Å². The molecule has 11 heavy (non-hydrogen) atoms. The van der Waals surface area contributed by atoms with E-state index in [1.54, 1.807) is 6.92 Å². The summed E-state index contributed by atoms with van der Waals surface area (Å²) in [6, 6.07) is 0. The van der Waals surface area contributed by atoms with E-state index in [1.165, 1.54) is 0 Å². The molecule has 0 bridgehead atoms. The zero-order valence-electron chi connectivity index (χ0n) is 6.48. The summed E-state index contributed by atoms with van der Waals surface area (Å²) in [4.78, 5) is 0. The Morgan fingerprint density at radius 1 is 1.73 bits per heavy atom. The first kappa shape index (κ1) is 9.99. The molecule has 0 N–H and O–H groups in total. The van der Waals surface area contributed by atoms with Crippen LogP contribution in [0.4, 0.5) is 4.39 Å². The summed E-state index contributed by atoms with van der Waals surface area (Å²) in [5.74, 6) is -0.212. The summed E-state index contributed by atoms with van der Waals surface area (Å²) in [6.45, 7) is 3.77. The molecule has 1 nitrogen and oxygen atoms in total. The van der Waals surface area contributed by atoms with Crippen LogP contribution in [0.2, 0.25) is 0 Å².